The van der Waals surface area contributed by atoms with Gasteiger partial charge in [0.05, 0.1) is 0 Å². The molecular formula is C11H12BrN. The number of H-pyrrole nitrogens is 1. The van der Waals surface area contributed by atoms with Crippen molar-refractivity contribution in [2.24, 2.45) is 0 Å². The van der Waals surface area contributed by atoms with Crippen molar-refractivity contribution in [1.82, 2.24) is 0 Å². The van der Waals surface area contributed by atoms with Gasteiger partial charge in [-0.05, 0) is 18.1 Å². The quantitative estimate of drug-likeness (QED) is 0.619. The molecule has 0 aliphatic carbocycles. The van der Waals surface area contributed by atoms with Crippen molar-refractivity contribution >= 4 is 10.9 Å². The van der Waals surface area contributed by atoms with Crippen LogP contribution in [-0.2, 0) is 6.42 Å². The Bertz CT molecular complexity index is 393. The number of hydrogen-bond donors (Lipinski definition) is 0. The topological polar surface area (TPSA) is 14.1 Å². The summed E-state index contributed by atoms with van der Waals surface area (Å²) in [5.74, 6) is 0. The fourth-order valence-electron chi connectivity index (χ4n) is 1.52. The van der Waals surface area contributed by atoms with Crippen LogP contribution in [0.1, 0.15) is 12.5 Å². The van der Waals surface area contributed by atoms with E-state index in [0.29, 0.717) is 0 Å². The third-order valence-electron chi connectivity index (χ3n) is 2.18. The number of aromatic amines is 1. The molecule has 2 rings (SSSR count). The van der Waals surface area contributed by atoms with E-state index in [1.54, 1.807) is 0 Å². The van der Waals surface area contributed by atoms with E-state index in [2.05, 4.69) is 42.2 Å². The van der Waals surface area contributed by atoms with Crippen molar-refractivity contribution < 1.29 is 22.0 Å². The maximum absolute atomic E-state index is 3.23. The number of nitrogens with one attached hydrogen (secondary N) is 1. The average molecular weight is 238 g/mol. The zero-order valence-corrected chi connectivity index (χ0v) is 9.14. The predicted octanol–water partition coefficient (Wildman–Crippen LogP) is -0.780. The van der Waals surface area contributed by atoms with Crippen LogP contribution < -0.4 is 22.0 Å². The SMILES string of the molecule is CCc1cc[nH+]c2ccccc12.[Br-]. The highest BCUT2D eigenvalue weighted by molar-refractivity contribution is 5.78. The van der Waals surface area contributed by atoms with Crippen molar-refractivity contribution in [3.05, 3.63) is 42.1 Å². The van der Waals surface area contributed by atoms with Gasteiger partial charge in [-0.2, -0.15) is 0 Å². The summed E-state index contributed by atoms with van der Waals surface area (Å²) >= 11 is 0. The Morgan fingerprint density at radius 1 is 1.15 bits per heavy atom. The molecule has 0 saturated carbocycles. The van der Waals surface area contributed by atoms with Gasteiger partial charge in [0.25, 0.3) is 0 Å². The summed E-state index contributed by atoms with van der Waals surface area (Å²) in [6, 6.07) is 10.5. The number of aromatic nitrogens is 1. The van der Waals surface area contributed by atoms with Crippen molar-refractivity contribution in [1.29, 1.82) is 0 Å². The molecule has 0 amide bonds. The predicted molar refractivity (Wildman–Crippen MR) is 49.9 cm³/mol. The van der Waals surface area contributed by atoms with Gasteiger partial charge in [-0.25, -0.2) is 4.98 Å². The van der Waals surface area contributed by atoms with E-state index < -0.39 is 0 Å². The van der Waals surface area contributed by atoms with Crippen LogP contribution >= 0.6 is 0 Å². The highest BCUT2D eigenvalue weighted by Gasteiger charge is 2.01. The number of aryl methyl sites for hydroxylation is 1. The number of fused-ring (bicyclic) bond motifs is 1. The van der Waals surface area contributed by atoms with Crippen LogP contribution in [0.15, 0.2) is 36.5 Å². The minimum absolute atomic E-state index is 0. The minimum atomic E-state index is 0. The molecule has 1 aromatic carbocycles. The van der Waals surface area contributed by atoms with Gasteiger partial charge in [0.2, 0.25) is 5.52 Å². The maximum Gasteiger partial charge on any atom is 0.211 e. The molecule has 2 heteroatoms. The van der Waals surface area contributed by atoms with Gasteiger partial charge in [-0.1, -0.05) is 19.1 Å². The largest absolute Gasteiger partial charge is 1.00 e. The van der Waals surface area contributed by atoms with Crippen LogP contribution in [0.4, 0.5) is 0 Å². The van der Waals surface area contributed by atoms with E-state index in [9.17, 15) is 0 Å². The van der Waals surface area contributed by atoms with Crippen LogP contribution in [0.25, 0.3) is 10.9 Å². The first kappa shape index (κ1) is 10.2. The van der Waals surface area contributed by atoms with E-state index in [1.165, 1.54) is 16.5 Å². The molecule has 1 heterocycles. The smallest absolute Gasteiger partial charge is 0.211 e. The Hall–Kier alpha value is -0.890. The lowest BCUT2D eigenvalue weighted by Crippen LogP contribution is -3.00. The van der Waals surface area contributed by atoms with Crippen LogP contribution in [0.3, 0.4) is 0 Å². The third-order valence-corrected chi connectivity index (χ3v) is 2.18. The van der Waals surface area contributed by atoms with Gasteiger partial charge in [0.15, 0.2) is 6.20 Å². The van der Waals surface area contributed by atoms with Crippen LogP contribution in [0.2, 0.25) is 0 Å². The molecule has 0 atom stereocenters. The molecule has 2 aromatic rings. The van der Waals surface area contributed by atoms with Crippen LogP contribution in [0, 0.1) is 0 Å². The molecule has 1 aromatic heterocycles. The van der Waals surface area contributed by atoms with Crippen LogP contribution in [0.5, 0.6) is 0 Å². The molecule has 0 bridgehead atoms. The van der Waals surface area contributed by atoms with Gasteiger partial charge in [-0.15, -0.1) is 0 Å². The molecule has 0 unspecified atom stereocenters. The maximum atomic E-state index is 3.23. The molecule has 0 aliphatic rings. The van der Waals surface area contributed by atoms with Crippen molar-refractivity contribution in [3.8, 4) is 0 Å². The molecule has 13 heavy (non-hydrogen) atoms. The van der Waals surface area contributed by atoms with E-state index in [4.69, 9.17) is 0 Å². The summed E-state index contributed by atoms with van der Waals surface area (Å²) in [6.45, 7) is 2.18. The number of pyridine rings is 1. The number of para-hydroxylation sites is 1. The molecule has 0 saturated heterocycles. The summed E-state index contributed by atoms with van der Waals surface area (Å²) < 4.78 is 0. The van der Waals surface area contributed by atoms with Gasteiger partial charge >= 0.3 is 0 Å². The van der Waals surface area contributed by atoms with Crippen molar-refractivity contribution in [2.75, 3.05) is 0 Å². The second kappa shape index (κ2) is 4.38. The second-order valence-electron chi connectivity index (χ2n) is 2.90. The van der Waals surface area contributed by atoms with Crippen molar-refractivity contribution in [2.45, 2.75) is 13.3 Å². The monoisotopic (exact) mass is 237 g/mol. The molecule has 1 nitrogen and oxygen atoms in total. The number of hydrogen-bond acceptors (Lipinski definition) is 0. The lowest BCUT2D eigenvalue weighted by Gasteiger charge is -1.97. The molecule has 0 radical (unpaired) electrons. The Balaban J connectivity index is 0.000000845. The number of benzene rings is 1. The van der Waals surface area contributed by atoms with Gasteiger partial charge < -0.3 is 17.0 Å². The molecule has 68 valence electrons. The van der Waals surface area contributed by atoms with Gasteiger partial charge in [-0.3, -0.25) is 0 Å². The Kier molecular flexibility index (Phi) is 3.43. The first-order chi connectivity index (χ1) is 5.92. The summed E-state index contributed by atoms with van der Waals surface area (Å²) in [5, 5.41) is 1.34. The fourth-order valence-corrected chi connectivity index (χ4v) is 1.52. The summed E-state index contributed by atoms with van der Waals surface area (Å²) in [4.78, 5) is 3.23. The Morgan fingerprint density at radius 2 is 1.92 bits per heavy atom. The summed E-state index contributed by atoms with van der Waals surface area (Å²) in [6.07, 6.45) is 3.09. The zero-order chi connectivity index (χ0) is 8.39. The van der Waals surface area contributed by atoms with E-state index in [1.807, 2.05) is 6.20 Å². The van der Waals surface area contributed by atoms with E-state index >= 15 is 0 Å². The highest BCUT2D eigenvalue weighted by Crippen LogP contribution is 2.13. The van der Waals surface area contributed by atoms with Crippen LogP contribution in [-0.4, -0.2) is 0 Å². The Labute approximate surface area is 88.6 Å². The average Bonchev–Trinajstić information content (AvgIpc) is 2.17. The normalized spacial score (nSPS) is 9.62. The fraction of sp³-hybridized carbons (Fsp3) is 0.182. The van der Waals surface area contributed by atoms with Gasteiger partial charge in [0.1, 0.15) is 0 Å². The first-order valence-corrected chi connectivity index (χ1v) is 4.30. The van der Waals surface area contributed by atoms with E-state index in [0.717, 1.165) is 6.42 Å². The summed E-state index contributed by atoms with van der Waals surface area (Å²) in [5.41, 5.74) is 2.63. The zero-order valence-electron chi connectivity index (χ0n) is 7.55. The lowest BCUT2D eigenvalue weighted by atomic mass is 10.1. The lowest BCUT2D eigenvalue weighted by molar-refractivity contribution is -0.344. The molecular weight excluding hydrogens is 226 g/mol. The number of halogens is 1. The minimum Gasteiger partial charge on any atom is -1.00 e. The molecule has 0 aliphatic heterocycles. The summed E-state index contributed by atoms with van der Waals surface area (Å²) in [7, 11) is 0. The standard InChI is InChI=1S/C11H11N.BrH/c1-2-9-7-8-12-11-6-4-3-5-10(9)11;/h3-8H,2H2,1H3;1H. The Morgan fingerprint density at radius 3 is 2.69 bits per heavy atom. The third kappa shape index (κ3) is 1.89. The number of rotatable bonds is 1. The van der Waals surface area contributed by atoms with Gasteiger partial charge in [0, 0.05) is 17.5 Å². The molecule has 0 spiro atoms. The van der Waals surface area contributed by atoms with Crippen molar-refractivity contribution in [3.63, 3.8) is 0 Å². The first-order valence-electron chi connectivity index (χ1n) is 4.30. The highest BCUT2D eigenvalue weighted by atomic mass is 79.9. The van der Waals surface area contributed by atoms with E-state index in [-0.39, 0.29) is 17.0 Å². The molecule has 0 fully saturated rings. The molecule has 1 N–H and O–H groups in total. The second-order valence-corrected chi connectivity index (χ2v) is 2.90.